The van der Waals surface area contributed by atoms with Crippen molar-refractivity contribution in [2.24, 2.45) is 0 Å². The summed E-state index contributed by atoms with van der Waals surface area (Å²) in [6.45, 7) is 1.87. The molecule has 0 spiro atoms. The molecular weight excluding hydrogens is 306 g/mol. The largest absolute Gasteiger partial charge is 0.454 e. The molecule has 1 saturated heterocycles. The number of carbonyl (C=O) groups excluding carboxylic acids is 1. The van der Waals surface area contributed by atoms with Crippen molar-refractivity contribution in [1.82, 2.24) is 9.88 Å². The number of aromatic nitrogens is 1. The number of nitrogens with one attached hydrogen (secondary N) is 1. The first-order chi connectivity index (χ1) is 11.8. The van der Waals surface area contributed by atoms with E-state index in [1.54, 1.807) is 12.3 Å². The molecule has 2 aliphatic rings. The van der Waals surface area contributed by atoms with Gasteiger partial charge in [-0.15, -0.1) is 0 Å². The second kappa shape index (κ2) is 6.39. The van der Waals surface area contributed by atoms with Gasteiger partial charge in [-0.1, -0.05) is 0 Å². The number of pyridine rings is 1. The standard InChI is InChI=1S/C18H19N3O3/c22-18(21-9-2-1-3-10-21)14-5-4-8-19-17(14)20-13-6-7-15-16(11-13)24-12-23-15/h4-8,11H,1-3,9-10,12H2,(H,19,20). The van der Waals surface area contributed by atoms with Crippen molar-refractivity contribution in [2.45, 2.75) is 19.3 Å². The van der Waals surface area contributed by atoms with Crippen LogP contribution in [-0.2, 0) is 0 Å². The third-order valence-corrected chi connectivity index (χ3v) is 4.32. The fourth-order valence-corrected chi connectivity index (χ4v) is 3.06. The van der Waals surface area contributed by atoms with Crippen molar-refractivity contribution < 1.29 is 14.3 Å². The molecule has 0 saturated carbocycles. The van der Waals surface area contributed by atoms with Crippen LogP contribution in [0.15, 0.2) is 36.5 Å². The Bertz CT molecular complexity index is 757. The molecule has 3 heterocycles. The van der Waals surface area contributed by atoms with Crippen molar-refractivity contribution in [3.63, 3.8) is 0 Å². The van der Waals surface area contributed by atoms with Crippen LogP contribution in [0, 0.1) is 0 Å². The van der Waals surface area contributed by atoms with Crippen LogP contribution >= 0.6 is 0 Å². The third-order valence-electron chi connectivity index (χ3n) is 4.32. The Morgan fingerprint density at radius 1 is 1.08 bits per heavy atom. The first kappa shape index (κ1) is 14.8. The smallest absolute Gasteiger partial charge is 0.257 e. The summed E-state index contributed by atoms with van der Waals surface area (Å²) >= 11 is 0. The molecule has 0 atom stereocenters. The molecule has 0 radical (unpaired) electrons. The number of fused-ring (bicyclic) bond motifs is 1. The topological polar surface area (TPSA) is 63.7 Å². The lowest BCUT2D eigenvalue weighted by Gasteiger charge is -2.27. The van der Waals surface area contributed by atoms with Gasteiger partial charge in [-0.3, -0.25) is 4.79 Å². The van der Waals surface area contributed by atoms with Crippen LogP contribution in [0.2, 0.25) is 0 Å². The minimum absolute atomic E-state index is 0.0334. The van der Waals surface area contributed by atoms with Crippen molar-refractivity contribution >= 4 is 17.4 Å². The lowest BCUT2D eigenvalue weighted by molar-refractivity contribution is 0.0725. The second-order valence-corrected chi connectivity index (χ2v) is 5.95. The van der Waals surface area contributed by atoms with E-state index in [0.29, 0.717) is 17.1 Å². The second-order valence-electron chi connectivity index (χ2n) is 5.95. The van der Waals surface area contributed by atoms with Crippen LogP contribution in [0.4, 0.5) is 11.5 Å². The monoisotopic (exact) mass is 325 g/mol. The third kappa shape index (κ3) is 2.87. The lowest BCUT2D eigenvalue weighted by Crippen LogP contribution is -2.36. The number of rotatable bonds is 3. The first-order valence-electron chi connectivity index (χ1n) is 8.22. The van der Waals surface area contributed by atoms with Gasteiger partial charge in [0.2, 0.25) is 6.79 Å². The van der Waals surface area contributed by atoms with Gasteiger partial charge in [-0.05, 0) is 43.5 Å². The summed E-state index contributed by atoms with van der Waals surface area (Å²) in [5.74, 6) is 2.02. The SMILES string of the molecule is O=C(c1cccnc1Nc1ccc2c(c1)OCO2)N1CCCCC1. The highest BCUT2D eigenvalue weighted by Crippen LogP contribution is 2.35. The fraction of sp³-hybridized carbons (Fsp3) is 0.333. The molecule has 24 heavy (non-hydrogen) atoms. The first-order valence-corrected chi connectivity index (χ1v) is 8.22. The maximum Gasteiger partial charge on any atom is 0.257 e. The quantitative estimate of drug-likeness (QED) is 0.939. The average molecular weight is 325 g/mol. The van der Waals surface area contributed by atoms with Gasteiger partial charge >= 0.3 is 0 Å². The van der Waals surface area contributed by atoms with Crippen molar-refractivity contribution in [3.05, 3.63) is 42.1 Å². The molecule has 2 aliphatic heterocycles. The highest BCUT2D eigenvalue weighted by molar-refractivity contribution is 5.99. The van der Waals surface area contributed by atoms with Gasteiger partial charge in [-0.25, -0.2) is 4.98 Å². The molecule has 4 rings (SSSR count). The van der Waals surface area contributed by atoms with E-state index >= 15 is 0 Å². The molecule has 0 bridgehead atoms. The van der Waals surface area contributed by atoms with E-state index in [4.69, 9.17) is 9.47 Å². The molecule has 1 fully saturated rings. The van der Waals surface area contributed by atoms with Gasteiger partial charge < -0.3 is 19.7 Å². The highest BCUT2D eigenvalue weighted by Gasteiger charge is 2.21. The molecule has 1 N–H and O–H groups in total. The Labute approximate surface area is 140 Å². The van der Waals surface area contributed by atoms with Crippen LogP contribution < -0.4 is 14.8 Å². The summed E-state index contributed by atoms with van der Waals surface area (Å²) in [5.41, 5.74) is 1.41. The maximum atomic E-state index is 12.8. The molecule has 6 nitrogen and oxygen atoms in total. The molecule has 2 aromatic rings. The van der Waals surface area contributed by atoms with E-state index in [1.165, 1.54) is 6.42 Å². The van der Waals surface area contributed by atoms with E-state index in [-0.39, 0.29) is 12.7 Å². The summed E-state index contributed by atoms with van der Waals surface area (Å²) < 4.78 is 10.7. The Morgan fingerprint density at radius 3 is 2.79 bits per heavy atom. The Balaban J connectivity index is 1.58. The molecule has 1 amide bonds. The van der Waals surface area contributed by atoms with Gasteiger partial charge in [0, 0.05) is 31.0 Å². The minimum atomic E-state index is 0.0334. The maximum absolute atomic E-state index is 12.8. The number of anilines is 2. The van der Waals surface area contributed by atoms with Gasteiger partial charge in [0.15, 0.2) is 11.5 Å². The number of benzene rings is 1. The summed E-state index contributed by atoms with van der Waals surface area (Å²) in [5, 5.41) is 3.23. The van der Waals surface area contributed by atoms with Crippen LogP contribution in [0.1, 0.15) is 29.6 Å². The molecule has 1 aromatic carbocycles. The number of likely N-dealkylation sites (tertiary alicyclic amines) is 1. The summed E-state index contributed by atoms with van der Waals surface area (Å²) in [6.07, 6.45) is 5.01. The number of hydrogen-bond acceptors (Lipinski definition) is 5. The Kier molecular flexibility index (Phi) is 3.94. The summed E-state index contributed by atoms with van der Waals surface area (Å²) in [7, 11) is 0. The molecule has 0 aliphatic carbocycles. The summed E-state index contributed by atoms with van der Waals surface area (Å²) in [6, 6.07) is 9.20. The van der Waals surface area contributed by atoms with Crippen molar-refractivity contribution in [3.8, 4) is 11.5 Å². The number of piperidine rings is 1. The van der Waals surface area contributed by atoms with Crippen LogP contribution in [0.5, 0.6) is 11.5 Å². The molecule has 124 valence electrons. The van der Waals surface area contributed by atoms with Crippen LogP contribution in [0.25, 0.3) is 0 Å². The van der Waals surface area contributed by atoms with E-state index < -0.39 is 0 Å². The number of hydrogen-bond donors (Lipinski definition) is 1. The van der Waals surface area contributed by atoms with Gasteiger partial charge in [0.1, 0.15) is 5.82 Å². The predicted octanol–water partition coefficient (Wildman–Crippen LogP) is 3.18. The highest BCUT2D eigenvalue weighted by atomic mass is 16.7. The zero-order valence-electron chi connectivity index (χ0n) is 13.3. The normalized spacial score (nSPS) is 16.1. The number of ether oxygens (including phenoxy) is 2. The zero-order chi connectivity index (χ0) is 16.4. The van der Waals surface area contributed by atoms with Gasteiger partial charge in [-0.2, -0.15) is 0 Å². The van der Waals surface area contributed by atoms with E-state index in [2.05, 4.69) is 10.3 Å². The number of amides is 1. The van der Waals surface area contributed by atoms with Crippen molar-refractivity contribution in [2.75, 3.05) is 25.2 Å². The van der Waals surface area contributed by atoms with Crippen LogP contribution in [0.3, 0.4) is 0 Å². The van der Waals surface area contributed by atoms with Gasteiger partial charge in [0.25, 0.3) is 5.91 Å². The predicted molar refractivity (Wildman–Crippen MR) is 89.8 cm³/mol. The molecular formula is C18H19N3O3. The number of carbonyl (C=O) groups is 1. The van der Waals surface area contributed by atoms with E-state index in [9.17, 15) is 4.79 Å². The Morgan fingerprint density at radius 2 is 1.92 bits per heavy atom. The molecule has 6 heteroatoms. The summed E-state index contributed by atoms with van der Waals surface area (Å²) in [4.78, 5) is 19.1. The fourth-order valence-electron chi connectivity index (χ4n) is 3.06. The van der Waals surface area contributed by atoms with Crippen LogP contribution in [-0.4, -0.2) is 35.7 Å². The zero-order valence-corrected chi connectivity index (χ0v) is 13.3. The molecule has 1 aromatic heterocycles. The van der Waals surface area contributed by atoms with Gasteiger partial charge in [0.05, 0.1) is 5.56 Å². The number of nitrogens with zero attached hydrogens (tertiary/aromatic N) is 2. The minimum Gasteiger partial charge on any atom is -0.454 e. The Hall–Kier alpha value is -2.76. The van der Waals surface area contributed by atoms with Crippen molar-refractivity contribution in [1.29, 1.82) is 0 Å². The van der Waals surface area contributed by atoms with E-state index in [0.717, 1.165) is 37.4 Å². The van der Waals surface area contributed by atoms with E-state index in [1.807, 2.05) is 29.2 Å². The lowest BCUT2D eigenvalue weighted by atomic mass is 10.1. The molecule has 0 unspecified atom stereocenters. The average Bonchev–Trinajstić information content (AvgIpc) is 3.10.